The van der Waals surface area contributed by atoms with E-state index >= 15 is 0 Å². The van der Waals surface area contributed by atoms with E-state index in [1.165, 1.54) is 0 Å². The topological polar surface area (TPSA) is 119 Å². The van der Waals surface area contributed by atoms with Gasteiger partial charge in [-0.15, -0.1) is 10.2 Å². The molecule has 0 aliphatic rings. The number of carbonyl (C=O) groups is 1. The molecule has 1 aromatic carbocycles. The molecule has 1 unspecified atom stereocenters. The van der Waals surface area contributed by atoms with Gasteiger partial charge < -0.3 is 15.8 Å². The fraction of sp³-hybridized carbons (Fsp3) is 0.385. The molecule has 1 atom stereocenters. The second kappa shape index (κ2) is 7.46. The summed E-state index contributed by atoms with van der Waals surface area (Å²) in [6.45, 7) is 0.773. The van der Waals surface area contributed by atoms with Crippen LogP contribution in [0.2, 0.25) is 0 Å². The van der Waals surface area contributed by atoms with E-state index in [1.54, 1.807) is 7.11 Å². The lowest BCUT2D eigenvalue weighted by Crippen LogP contribution is -2.31. The minimum Gasteiger partial charge on any atom is -0.380 e. The normalized spacial score (nSPS) is 12.1. The molecule has 112 valence electrons. The van der Waals surface area contributed by atoms with Crippen LogP contribution < -0.4 is 11.1 Å². The summed E-state index contributed by atoms with van der Waals surface area (Å²) in [5.41, 5.74) is 7.32. The first-order valence-corrected chi connectivity index (χ1v) is 6.55. The number of carbonyl (C=O) groups excluding carboxylic acids is 1. The Morgan fingerprint density at radius 2 is 2.19 bits per heavy atom. The average molecular weight is 290 g/mol. The van der Waals surface area contributed by atoms with Crippen molar-refractivity contribution in [2.45, 2.75) is 19.1 Å². The molecule has 0 saturated heterocycles. The Morgan fingerprint density at radius 3 is 2.76 bits per heavy atom. The lowest BCUT2D eigenvalue weighted by Gasteiger charge is -2.12. The monoisotopic (exact) mass is 290 g/mol. The van der Waals surface area contributed by atoms with E-state index in [-0.39, 0.29) is 18.4 Å². The highest BCUT2D eigenvalue weighted by Gasteiger charge is 2.11. The molecular formula is C13H18N6O2. The molecule has 0 aliphatic carbocycles. The number of aromatic nitrogens is 4. The molecule has 8 heteroatoms. The Hall–Kier alpha value is -2.32. The van der Waals surface area contributed by atoms with Gasteiger partial charge in [0, 0.05) is 25.8 Å². The van der Waals surface area contributed by atoms with Gasteiger partial charge >= 0.3 is 0 Å². The number of ether oxygens (including phenoxy) is 1. The van der Waals surface area contributed by atoms with Gasteiger partial charge in [-0.25, -0.2) is 0 Å². The number of benzene rings is 1. The van der Waals surface area contributed by atoms with E-state index in [1.807, 2.05) is 24.3 Å². The molecular weight excluding hydrogens is 272 g/mol. The van der Waals surface area contributed by atoms with Crippen LogP contribution in [0.15, 0.2) is 24.3 Å². The number of aromatic amines is 1. The number of hydrogen-bond acceptors (Lipinski definition) is 6. The lowest BCUT2D eigenvalue weighted by atomic mass is 10.1. The highest BCUT2D eigenvalue weighted by atomic mass is 16.5. The van der Waals surface area contributed by atoms with Crippen molar-refractivity contribution in [1.29, 1.82) is 0 Å². The molecule has 21 heavy (non-hydrogen) atoms. The molecule has 0 radical (unpaired) electrons. The van der Waals surface area contributed by atoms with Crippen LogP contribution in [-0.2, 0) is 16.1 Å². The van der Waals surface area contributed by atoms with E-state index in [0.717, 1.165) is 11.1 Å². The number of hydrogen-bond donors (Lipinski definition) is 3. The summed E-state index contributed by atoms with van der Waals surface area (Å²) in [5.74, 6) is 0.450. The highest BCUT2D eigenvalue weighted by molar-refractivity contribution is 5.76. The molecule has 1 aromatic heterocycles. The van der Waals surface area contributed by atoms with Gasteiger partial charge in [0.2, 0.25) is 11.7 Å². The van der Waals surface area contributed by atoms with Gasteiger partial charge in [-0.05, 0) is 10.8 Å². The Morgan fingerprint density at radius 1 is 1.43 bits per heavy atom. The van der Waals surface area contributed by atoms with E-state index < -0.39 is 0 Å². The van der Waals surface area contributed by atoms with Crippen molar-refractivity contribution in [2.24, 2.45) is 5.73 Å². The molecule has 0 fully saturated rings. The van der Waals surface area contributed by atoms with Crippen molar-refractivity contribution in [1.82, 2.24) is 25.9 Å². The van der Waals surface area contributed by atoms with E-state index in [9.17, 15) is 4.79 Å². The first-order valence-electron chi connectivity index (χ1n) is 6.55. The number of tetrazole rings is 1. The zero-order valence-electron chi connectivity index (χ0n) is 11.7. The van der Waals surface area contributed by atoms with Crippen LogP contribution in [0.25, 0.3) is 11.4 Å². The van der Waals surface area contributed by atoms with Crippen LogP contribution in [0.1, 0.15) is 12.0 Å². The quantitative estimate of drug-likeness (QED) is 0.652. The maximum absolute atomic E-state index is 11.7. The van der Waals surface area contributed by atoms with E-state index in [0.29, 0.717) is 18.9 Å². The zero-order chi connectivity index (χ0) is 15.1. The smallest absolute Gasteiger partial charge is 0.222 e. The lowest BCUT2D eigenvalue weighted by molar-refractivity contribution is -0.123. The number of nitrogens with two attached hydrogens (primary N) is 1. The summed E-state index contributed by atoms with van der Waals surface area (Å²) in [6, 6.07) is 7.57. The number of H-pyrrole nitrogens is 1. The van der Waals surface area contributed by atoms with Gasteiger partial charge in [-0.1, -0.05) is 24.3 Å². The van der Waals surface area contributed by atoms with Crippen LogP contribution in [0.4, 0.5) is 0 Å². The Kier molecular flexibility index (Phi) is 5.35. The molecule has 2 rings (SSSR count). The minimum absolute atomic E-state index is 0.0884. The van der Waals surface area contributed by atoms with E-state index in [4.69, 9.17) is 10.5 Å². The third kappa shape index (κ3) is 4.33. The van der Waals surface area contributed by atoms with Gasteiger partial charge in [0.05, 0.1) is 12.5 Å². The van der Waals surface area contributed by atoms with Crippen LogP contribution >= 0.6 is 0 Å². The van der Waals surface area contributed by atoms with Crippen LogP contribution in [0.5, 0.6) is 0 Å². The minimum atomic E-state index is -0.245. The first kappa shape index (κ1) is 15.1. The standard InChI is InChI=1S/C13H18N6O2/c1-21-11(7-14)6-12(20)15-8-9-2-4-10(5-3-9)13-16-18-19-17-13/h2-5,11H,6-8,14H2,1H3,(H,15,20)(H,16,17,18,19). The summed E-state index contributed by atoms with van der Waals surface area (Å²) in [4.78, 5) is 11.7. The van der Waals surface area contributed by atoms with Crippen LogP contribution in [0.3, 0.4) is 0 Å². The first-order chi connectivity index (χ1) is 10.2. The Labute approximate surface area is 122 Å². The summed E-state index contributed by atoms with van der Waals surface area (Å²) >= 11 is 0. The Balaban J connectivity index is 1.85. The number of methoxy groups -OCH3 is 1. The molecule has 2 aromatic rings. The maximum Gasteiger partial charge on any atom is 0.222 e. The summed E-state index contributed by atoms with van der Waals surface area (Å²) < 4.78 is 5.07. The number of rotatable bonds is 7. The second-order valence-corrected chi connectivity index (χ2v) is 4.51. The number of nitrogens with one attached hydrogen (secondary N) is 2. The van der Waals surface area contributed by atoms with Gasteiger partial charge in [0.15, 0.2) is 0 Å². The van der Waals surface area contributed by atoms with Crippen molar-refractivity contribution < 1.29 is 9.53 Å². The summed E-state index contributed by atoms with van der Waals surface area (Å²) in [7, 11) is 1.54. The highest BCUT2D eigenvalue weighted by Crippen LogP contribution is 2.13. The van der Waals surface area contributed by atoms with Gasteiger partial charge in [0.1, 0.15) is 0 Å². The third-order valence-corrected chi connectivity index (χ3v) is 3.06. The fourth-order valence-corrected chi connectivity index (χ4v) is 1.80. The molecule has 1 heterocycles. The maximum atomic E-state index is 11.7. The molecule has 1 amide bonds. The number of amides is 1. The van der Waals surface area contributed by atoms with Crippen molar-refractivity contribution in [3.8, 4) is 11.4 Å². The van der Waals surface area contributed by atoms with Crippen molar-refractivity contribution >= 4 is 5.91 Å². The van der Waals surface area contributed by atoms with Gasteiger partial charge in [-0.2, -0.15) is 5.21 Å². The molecule has 0 aliphatic heterocycles. The fourth-order valence-electron chi connectivity index (χ4n) is 1.80. The third-order valence-electron chi connectivity index (χ3n) is 3.06. The van der Waals surface area contributed by atoms with Gasteiger partial charge in [0.25, 0.3) is 0 Å². The molecule has 4 N–H and O–H groups in total. The van der Waals surface area contributed by atoms with Crippen molar-refractivity contribution in [2.75, 3.05) is 13.7 Å². The average Bonchev–Trinajstić information content (AvgIpc) is 3.05. The van der Waals surface area contributed by atoms with Crippen molar-refractivity contribution in [3.05, 3.63) is 29.8 Å². The molecule has 8 nitrogen and oxygen atoms in total. The largest absolute Gasteiger partial charge is 0.380 e. The van der Waals surface area contributed by atoms with Gasteiger partial charge in [-0.3, -0.25) is 4.79 Å². The Bertz CT molecular complexity index is 551. The van der Waals surface area contributed by atoms with E-state index in [2.05, 4.69) is 25.9 Å². The molecule has 0 saturated carbocycles. The molecule has 0 spiro atoms. The zero-order valence-corrected chi connectivity index (χ0v) is 11.7. The van der Waals surface area contributed by atoms with Crippen LogP contribution in [0, 0.1) is 0 Å². The number of nitrogens with zero attached hydrogens (tertiary/aromatic N) is 3. The summed E-state index contributed by atoms with van der Waals surface area (Å²) in [5, 5.41) is 16.5. The SMILES string of the molecule is COC(CN)CC(=O)NCc1ccc(-c2nn[nH]n2)cc1. The molecule has 0 bridgehead atoms. The predicted molar refractivity (Wildman–Crippen MR) is 75.9 cm³/mol. The predicted octanol–water partition coefficient (Wildman–Crippen LogP) is -0.153. The van der Waals surface area contributed by atoms with Crippen LogP contribution in [-0.4, -0.2) is 46.3 Å². The summed E-state index contributed by atoms with van der Waals surface area (Å²) in [6.07, 6.45) is 0.0131. The van der Waals surface area contributed by atoms with Crippen molar-refractivity contribution in [3.63, 3.8) is 0 Å². The second-order valence-electron chi connectivity index (χ2n) is 4.51.